The zero-order chi connectivity index (χ0) is 16.8. The van der Waals surface area contributed by atoms with Gasteiger partial charge in [-0.3, -0.25) is 0 Å². The number of imidazole rings is 1. The molecule has 0 aliphatic heterocycles. The summed E-state index contributed by atoms with van der Waals surface area (Å²) in [4.78, 5) is 13.8. The van der Waals surface area contributed by atoms with Gasteiger partial charge in [-0.1, -0.05) is 41.0 Å². The molecule has 0 atom stereocenters. The molecule has 0 spiro atoms. The number of nitrogens with zero attached hydrogens (tertiary/aromatic N) is 4. The first-order valence-corrected chi connectivity index (χ1v) is 8.71. The minimum atomic E-state index is 0.548. The van der Waals surface area contributed by atoms with E-state index in [1.807, 2.05) is 6.33 Å². The average molecular weight is 318 g/mol. The lowest BCUT2D eigenvalue weighted by Gasteiger charge is -2.12. The average Bonchev–Trinajstić information content (AvgIpc) is 2.91. The summed E-state index contributed by atoms with van der Waals surface area (Å²) in [5.41, 5.74) is 1.77. The summed E-state index contributed by atoms with van der Waals surface area (Å²) < 4.78 is 2.13. The Bertz CT molecular complexity index is 617. The number of aromatic nitrogens is 4. The number of fused-ring (bicyclic) bond motifs is 1. The summed E-state index contributed by atoms with van der Waals surface area (Å²) in [5, 5.41) is 6.75. The number of unbranched alkanes of at least 4 members (excludes halogenated alkanes) is 1. The zero-order valence-corrected chi connectivity index (χ0v) is 15.1. The summed E-state index contributed by atoms with van der Waals surface area (Å²) in [7, 11) is 0. The Morgan fingerprint density at radius 1 is 1.04 bits per heavy atom. The fourth-order valence-electron chi connectivity index (χ4n) is 2.23. The van der Waals surface area contributed by atoms with Crippen molar-refractivity contribution in [2.24, 2.45) is 11.8 Å². The van der Waals surface area contributed by atoms with E-state index in [4.69, 9.17) is 0 Å². The van der Waals surface area contributed by atoms with Crippen LogP contribution in [0.3, 0.4) is 0 Å². The van der Waals surface area contributed by atoms with E-state index in [0.29, 0.717) is 17.8 Å². The molecule has 128 valence electrons. The number of anilines is 2. The molecule has 0 fully saturated rings. The second-order valence-corrected chi connectivity index (χ2v) is 6.91. The molecule has 2 N–H and O–H groups in total. The number of hydrogen-bond acceptors (Lipinski definition) is 5. The Kier molecular flexibility index (Phi) is 6.19. The quantitative estimate of drug-likeness (QED) is 0.737. The van der Waals surface area contributed by atoms with Gasteiger partial charge in [0.2, 0.25) is 5.95 Å². The molecule has 2 rings (SSSR count). The van der Waals surface area contributed by atoms with Gasteiger partial charge in [-0.05, 0) is 18.3 Å². The van der Waals surface area contributed by atoms with Crippen molar-refractivity contribution in [1.29, 1.82) is 0 Å². The molecule has 0 unspecified atom stereocenters. The second kappa shape index (κ2) is 8.13. The summed E-state index contributed by atoms with van der Waals surface area (Å²) in [5.74, 6) is 2.60. The Labute approximate surface area is 139 Å². The van der Waals surface area contributed by atoms with Gasteiger partial charge in [-0.2, -0.15) is 9.97 Å². The molecule has 0 saturated heterocycles. The summed E-state index contributed by atoms with van der Waals surface area (Å²) >= 11 is 0. The van der Waals surface area contributed by atoms with Crippen LogP contribution >= 0.6 is 0 Å². The topological polar surface area (TPSA) is 67.7 Å². The van der Waals surface area contributed by atoms with Gasteiger partial charge in [0.05, 0.1) is 6.33 Å². The normalized spacial score (nSPS) is 11.6. The fourth-order valence-corrected chi connectivity index (χ4v) is 2.23. The fraction of sp³-hybridized carbons (Fsp3) is 0.706. The molecule has 0 amide bonds. The van der Waals surface area contributed by atoms with Gasteiger partial charge in [0.15, 0.2) is 17.0 Å². The lowest BCUT2D eigenvalue weighted by molar-refractivity contribution is 0.641. The Morgan fingerprint density at radius 2 is 1.74 bits per heavy atom. The van der Waals surface area contributed by atoms with Crippen LogP contribution in [-0.2, 0) is 6.54 Å². The third kappa shape index (κ3) is 4.81. The SMILES string of the molecule is CCCCn1cnc2c(NCC(C)C)nc(NCC(C)C)nc21. The Balaban J connectivity index is 2.33. The van der Waals surface area contributed by atoms with Crippen LogP contribution in [0.15, 0.2) is 6.33 Å². The molecule has 0 aliphatic carbocycles. The Hall–Kier alpha value is -1.85. The standard InChI is InChI=1S/C17H30N6/c1-6-7-8-23-11-20-14-15(18-9-12(2)3)21-17(22-16(14)23)19-10-13(4)5/h11-13H,6-10H2,1-5H3,(H2,18,19,21,22). The van der Waals surface area contributed by atoms with Crippen molar-refractivity contribution in [1.82, 2.24) is 19.5 Å². The van der Waals surface area contributed by atoms with E-state index in [1.165, 1.54) is 0 Å². The Morgan fingerprint density at radius 3 is 2.39 bits per heavy atom. The maximum Gasteiger partial charge on any atom is 0.226 e. The molecule has 0 saturated carbocycles. The van der Waals surface area contributed by atoms with E-state index in [0.717, 1.165) is 49.5 Å². The summed E-state index contributed by atoms with van der Waals surface area (Å²) in [6.45, 7) is 13.6. The first-order valence-electron chi connectivity index (χ1n) is 8.71. The number of hydrogen-bond donors (Lipinski definition) is 2. The van der Waals surface area contributed by atoms with Gasteiger partial charge in [0.1, 0.15) is 0 Å². The van der Waals surface area contributed by atoms with Gasteiger partial charge in [0.25, 0.3) is 0 Å². The van der Waals surface area contributed by atoms with Gasteiger partial charge < -0.3 is 15.2 Å². The first-order chi connectivity index (χ1) is 11.0. The minimum Gasteiger partial charge on any atom is -0.368 e. The number of rotatable bonds is 9. The molecule has 0 radical (unpaired) electrons. The molecule has 6 heteroatoms. The molecular formula is C17H30N6. The molecule has 0 aliphatic rings. The van der Waals surface area contributed by atoms with Crippen LogP contribution in [0.2, 0.25) is 0 Å². The van der Waals surface area contributed by atoms with Crippen LogP contribution in [0.25, 0.3) is 11.2 Å². The molecule has 2 aromatic heterocycles. The smallest absolute Gasteiger partial charge is 0.226 e. The zero-order valence-electron chi connectivity index (χ0n) is 15.1. The van der Waals surface area contributed by atoms with Crippen LogP contribution in [0, 0.1) is 11.8 Å². The van der Waals surface area contributed by atoms with Crippen molar-refractivity contribution in [2.45, 2.75) is 54.0 Å². The molecule has 2 heterocycles. The predicted octanol–water partition coefficient (Wildman–Crippen LogP) is 3.76. The summed E-state index contributed by atoms with van der Waals surface area (Å²) in [6.07, 6.45) is 4.16. The van der Waals surface area contributed by atoms with Crippen molar-refractivity contribution in [3.63, 3.8) is 0 Å². The third-order valence-electron chi connectivity index (χ3n) is 3.56. The van der Waals surface area contributed by atoms with Crippen molar-refractivity contribution in [3.8, 4) is 0 Å². The van der Waals surface area contributed by atoms with Gasteiger partial charge in [0, 0.05) is 19.6 Å². The largest absolute Gasteiger partial charge is 0.368 e. The van der Waals surface area contributed by atoms with Gasteiger partial charge >= 0.3 is 0 Å². The number of nitrogens with one attached hydrogen (secondary N) is 2. The molecular weight excluding hydrogens is 288 g/mol. The van der Waals surface area contributed by atoms with Crippen LogP contribution in [0.5, 0.6) is 0 Å². The van der Waals surface area contributed by atoms with E-state index in [1.54, 1.807) is 0 Å². The second-order valence-electron chi connectivity index (χ2n) is 6.91. The van der Waals surface area contributed by atoms with Crippen molar-refractivity contribution in [3.05, 3.63) is 6.33 Å². The maximum atomic E-state index is 4.69. The highest BCUT2D eigenvalue weighted by atomic mass is 15.2. The molecule has 6 nitrogen and oxygen atoms in total. The van der Waals surface area contributed by atoms with E-state index in [-0.39, 0.29) is 0 Å². The molecule has 0 aromatic carbocycles. The van der Waals surface area contributed by atoms with Crippen LogP contribution in [-0.4, -0.2) is 32.6 Å². The predicted molar refractivity (Wildman–Crippen MR) is 96.9 cm³/mol. The van der Waals surface area contributed by atoms with Gasteiger partial charge in [-0.15, -0.1) is 0 Å². The lowest BCUT2D eigenvalue weighted by Crippen LogP contribution is -2.14. The van der Waals surface area contributed by atoms with Gasteiger partial charge in [-0.25, -0.2) is 4.98 Å². The lowest BCUT2D eigenvalue weighted by atomic mass is 10.2. The van der Waals surface area contributed by atoms with E-state index in [2.05, 4.69) is 64.8 Å². The third-order valence-corrected chi connectivity index (χ3v) is 3.56. The number of aryl methyl sites for hydroxylation is 1. The highest BCUT2D eigenvalue weighted by Crippen LogP contribution is 2.21. The van der Waals surface area contributed by atoms with Crippen LogP contribution < -0.4 is 10.6 Å². The van der Waals surface area contributed by atoms with Crippen LogP contribution in [0.4, 0.5) is 11.8 Å². The minimum absolute atomic E-state index is 0.548. The van der Waals surface area contributed by atoms with Crippen molar-refractivity contribution >= 4 is 22.9 Å². The molecule has 2 aromatic rings. The van der Waals surface area contributed by atoms with Crippen LogP contribution in [0.1, 0.15) is 47.5 Å². The van der Waals surface area contributed by atoms with Crippen molar-refractivity contribution < 1.29 is 0 Å². The van der Waals surface area contributed by atoms with Crippen molar-refractivity contribution in [2.75, 3.05) is 23.7 Å². The highest BCUT2D eigenvalue weighted by Gasteiger charge is 2.13. The molecule has 23 heavy (non-hydrogen) atoms. The summed E-state index contributed by atoms with van der Waals surface area (Å²) in [6, 6.07) is 0. The first kappa shape index (κ1) is 17.5. The monoisotopic (exact) mass is 318 g/mol. The van der Waals surface area contributed by atoms with E-state index < -0.39 is 0 Å². The highest BCUT2D eigenvalue weighted by molar-refractivity contribution is 5.84. The molecule has 0 bridgehead atoms. The maximum absolute atomic E-state index is 4.69. The van der Waals surface area contributed by atoms with E-state index in [9.17, 15) is 0 Å². The van der Waals surface area contributed by atoms with E-state index >= 15 is 0 Å².